The maximum absolute atomic E-state index is 13.3. The van der Waals surface area contributed by atoms with Crippen LogP contribution in [0.2, 0.25) is 0 Å². The number of hydrogen-bond donors (Lipinski definition) is 7. The number of nitrogens with one attached hydrogen (secondary N) is 6. The van der Waals surface area contributed by atoms with Crippen LogP contribution in [-0.2, 0) is 34.2 Å². The van der Waals surface area contributed by atoms with E-state index in [1.54, 1.807) is 47.7 Å². The fourth-order valence-electron chi connectivity index (χ4n) is 7.08. The molecule has 1 aliphatic heterocycles. The number of hydrogen-bond acceptors (Lipinski definition) is 13. The van der Waals surface area contributed by atoms with Crippen LogP contribution in [0.3, 0.4) is 0 Å². The molecule has 0 aliphatic carbocycles. The van der Waals surface area contributed by atoms with Crippen molar-refractivity contribution in [2.75, 3.05) is 18.1 Å². The first kappa shape index (κ1) is 53.3. The maximum atomic E-state index is 13.3. The van der Waals surface area contributed by atoms with Crippen molar-refractivity contribution in [2.45, 2.75) is 89.6 Å². The summed E-state index contributed by atoms with van der Waals surface area (Å²) in [7, 11) is 0. The Kier molecular flexibility index (Phi) is 18.4. The number of non-ortho nitro benzene ring substituents is 1. The van der Waals surface area contributed by atoms with Crippen molar-refractivity contribution in [3.8, 4) is 0 Å². The zero-order valence-electron chi connectivity index (χ0n) is 39.0. The molecule has 21 nitrogen and oxygen atoms in total. The lowest BCUT2D eigenvalue weighted by atomic mass is 9.77. The van der Waals surface area contributed by atoms with Crippen LogP contribution in [0.1, 0.15) is 77.5 Å². The number of nitrogens with zero attached hydrogens (tertiary/aromatic N) is 3. The number of ether oxygens (including phenoxy) is 1. The first-order valence-electron chi connectivity index (χ1n) is 21.7. The van der Waals surface area contributed by atoms with Crippen LogP contribution in [0.15, 0.2) is 121 Å². The molecule has 4 aromatic carbocycles. The molecule has 7 N–H and O–H groups in total. The summed E-state index contributed by atoms with van der Waals surface area (Å²) in [5.41, 5.74) is 0.105. The highest BCUT2D eigenvalue weighted by molar-refractivity contribution is 5.88. The van der Waals surface area contributed by atoms with Gasteiger partial charge in [-0.1, -0.05) is 91.0 Å². The van der Waals surface area contributed by atoms with Crippen molar-refractivity contribution in [2.24, 2.45) is 0 Å². The van der Waals surface area contributed by atoms with Crippen molar-refractivity contribution >= 4 is 53.3 Å². The van der Waals surface area contributed by atoms with Gasteiger partial charge in [-0.15, -0.1) is 0 Å². The number of carboxylic acids is 1. The lowest BCUT2D eigenvalue weighted by Crippen LogP contribution is -2.53. The molecular weight excluding hydrogens is 895 g/mol. The van der Waals surface area contributed by atoms with Crippen LogP contribution < -0.4 is 36.8 Å². The summed E-state index contributed by atoms with van der Waals surface area (Å²) < 4.78 is 5.27. The number of amides is 5. The SMILES string of the molecule is CC(C)(C)NC(=O)C(CC1=CN(c2ccc([N+](=O)[O-])cc2[N+](=O)[O-])CN1)NC(=O)OC(C)(C)C.O=CNC(CCC(=O)NC(c1ccccc1)(c1ccccc1)c1ccccc1)C(=O)NCC(=O)O. The van der Waals surface area contributed by atoms with E-state index >= 15 is 0 Å². The van der Waals surface area contributed by atoms with Gasteiger partial charge < -0.3 is 46.6 Å². The second-order valence-corrected chi connectivity index (χ2v) is 17.7. The molecular formula is C48H57N9O12. The Morgan fingerprint density at radius 2 is 1.33 bits per heavy atom. The minimum atomic E-state index is -1.21. The van der Waals surface area contributed by atoms with Crippen molar-refractivity contribution < 1.29 is 48.5 Å². The minimum Gasteiger partial charge on any atom is -0.480 e. The van der Waals surface area contributed by atoms with Gasteiger partial charge in [0.05, 0.1) is 22.6 Å². The number of rotatable bonds is 19. The van der Waals surface area contributed by atoms with Gasteiger partial charge in [0.1, 0.15) is 35.5 Å². The van der Waals surface area contributed by atoms with E-state index in [9.17, 15) is 49.0 Å². The summed E-state index contributed by atoms with van der Waals surface area (Å²) in [6.45, 7) is 10.1. The highest BCUT2D eigenvalue weighted by atomic mass is 16.6. The average Bonchev–Trinajstić information content (AvgIpc) is 3.76. The van der Waals surface area contributed by atoms with Crippen LogP contribution in [0.5, 0.6) is 0 Å². The van der Waals surface area contributed by atoms with Gasteiger partial charge in [0.2, 0.25) is 24.1 Å². The van der Waals surface area contributed by atoms with E-state index in [4.69, 9.17) is 9.84 Å². The molecule has 1 heterocycles. The number of benzene rings is 4. The Morgan fingerprint density at radius 3 is 1.80 bits per heavy atom. The molecule has 5 rings (SSSR count). The Morgan fingerprint density at radius 1 is 0.783 bits per heavy atom. The van der Waals surface area contributed by atoms with Crippen LogP contribution in [-0.4, -0.2) is 87.6 Å². The molecule has 2 atom stereocenters. The molecule has 0 aromatic heterocycles. The molecule has 4 aromatic rings. The van der Waals surface area contributed by atoms with E-state index in [0.29, 0.717) is 12.1 Å². The first-order chi connectivity index (χ1) is 32.5. The molecule has 69 heavy (non-hydrogen) atoms. The Balaban J connectivity index is 0.000000301. The molecule has 0 fully saturated rings. The number of alkyl carbamates (subject to hydrolysis) is 1. The van der Waals surface area contributed by atoms with Gasteiger partial charge in [0, 0.05) is 36.3 Å². The second-order valence-electron chi connectivity index (χ2n) is 17.7. The van der Waals surface area contributed by atoms with E-state index in [-0.39, 0.29) is 37.5 Å². The molecule has 366 valence electrons. The van der Waals surface area contributed by atoms with E-state index < -0.39 is 80.4 Å². The Hall–Kier alpha value is -8.36. The van der Waals surface area contributed by atoms with Gasteiger partial charge in [0.25, 0.3) is 11.4 Å². The quantitative estimate of drug-likeness (QED) is 0.0279. The number of anilines is 1. The number of nitro groups is 2. The number of nitro benzene ring substituents is 2. The highest BCUT2D eigenvalue weighted by Crippen LogP contribution is 2.37. The normalized spacial score (nSPS) is 13.1. The molecule has 0 spiro atoms. The van der Waals surface area contributed by atoms with Gasteiger partial charge in [-0.05, 0) is 70.7 Å². The van der Waals surface area contributed by atoms with Gasteiger partial charge in [-0.25, -0.2) is 4.79 Å². The summed E-state index contributed by atoms with van der Waals surface area (Å²) in [5.74, 6) is -2.65. The standard InChI is InChI=1S/C27H27N3O5.C21H30N6O7/c31-19-29-23(26(35)28-18-25(33)34)16-17-24(32)30-27(20-10-4-1-5-11-20,21-12-6-2-7-13-21)22-14-8-3-9-15-22;1-20(2,3)24-18(28)15(23-19(29)34-21(4,5)6)9-13-11-25(12-22-13)16-8-7-14(26(30)31)10-17(16)27(32)33/h1-15,19,23H,16-18H2,(H,28,35)(H,29,31)(H,30,32)(H,33,34);7-8,10-11,15,22H,9,12H2,1-6H3,(H,23,29)(H,24,28). The predicted molar refractivity (Wildman–Crippen MR) is 254 cm³/mol. The van der Waals surface area contributed by atoms with Crippen molar-refractivity contribution in [3.63, 3.8) is 0 Å². The minimum absolute atomic E-state index is 0.00945. The van der Waals surface area contributed by atoms with Gasteiger partial charge >= 0.3 is 12.1 Å². The second kappa shape index (κ2) is 23.9. The fraction of sp³-hybridized carbons (Fsp3) is 0.333. The molecule has 1 aliphatic rings. The van der Waals surface area contributed by atoms with E-state index in [2.05, 4.69) is 31.9 Å². The van der Waals surface area contributed by atoms with E-state index in [1.165, 1.54) is 17.0 Å². The van der Waals surface area contributed by atoms with Crippen LogP contribution in [0.25, 0.3) is 0 Å². The topological polar surface area (TPSA) is 294 Å². The van der Waals surface area contributed by atoms with Crippen molar-refractivity contribution in [1.29, 1.82) is 0 Å². The van der Waals surface area contributed by atoms with Crippen LogP contribution in [0, 0.1) is 20.2 Å². The van der Waals surface area contributed by atoms with Gasteiger partial charge in [-0.3, -0.25) is 44.2 Å². The van der Waals surface area contributed by atoms with Crippen molar-refractivity contribution in [1.82, 2.24) is 31.9 Å². The first-order valence-corrected chi connectivity index (χ1v) is 21.7. The lowest BCUT2D eigenvalue weighted by Gasteiger charge is -2.37. The maximum Gasteiger partial charge on any atom is 0.408 e. The summed E-state index contributed by atoms with van der Waals surface area (Å²) >= 11 is 0. The monoisotopic (exact) mass is 951 g/mol. The summed E-state index contributed by atoms with van der Waals surface area (Å²) in [4.78, 5) is 95.0. The molecule has 2 unspecified atom stereocenters. The number of carbonyl (C=O) groups excluding carboxylic acids is 5. The number of carbonyl (C=O) groups is 6. The average molecular weight is 952 g/mol. The van der Waals surface area contributed by atoms with E-state index in [0.717, 1.165) is 22.8 Å². The Bertz CT molecular complexity index is 2400. The molecule has 0 saturated carbocycles. The molecule has 0 bridgehead atoms. The van der Waals surface area contributed by atoms with Crippen LogP contribution >= 0.6 is 0 Å². The lowest BCUT2D eigenvalue weighted by molar-refractivity contribution is -0.393. The number of carboxylic acid groups (broad SMARTS) is 1. The summed E-state index contributed by atoms with van der Waals surface area (Å²) in [6, 6.07) is 30.1. The fourth-order valence-corrected chi connectivity index (χ4v) is 7.08. The van der Waals surface area contributed by atoms with E-state index in [1.807, 2.05) is 91.0 Å². The zero-order chi connectivity index (χ0) is 50.9. The van der Waals surface area contributed by atoms with Crippen LogP contribution in [0.4, 0.5) is 21.9 Å². The zero-order valence-corrected chi connectivity index (χ0v) is 39.0. The number of aliphatic carboxylic acids is 1. The third kappa shape index (κ3) is 15.9. The Labute approximate surface area is 398 Å². The molecule has 0 radical (unpaired) electrons. The third-order valence-electron chi connectivity index (χ3n) is 10.0. The summed E-state index contributed by atoms with van der Waals surface area (Å²) in [5, 5.41) is 47.4. The molecule has 0 saturated heterocycles. The van der Waals surface area contributed by atoms with Gasteiger partial charge in [0.15, 0.2) is 0 Å². The third-order valence-corrected chi connectivity index (χ3v) is 10.0. The highest BCUT2D eigenvalue weighted by Gasteiger charge is 2.38. The summed E-state index contributed by atoms with van der Waals surface area (Å²) in [6.07, 6.45) is 1.11. The molecule has 21 heteroatoms. The molecule has 5 amide bonds. The largest absolute Gasteiger partial charge is 0.480 e. The smallest absolute Gasteiger partial charge is 0.408 e. The van der Waals surface area contributed by atoms with Crippen molar-refractivity contribution in [3.05, 3.63) is 158 Å². The van der Waals surface area contributed by atoms with Gasteiger partial charge in [-0.2, -0.15) is 0 Å². The predicted octanol–water partition coefficient (Wildman–Crippen LogP) is 5.10.